The number of nitrogens with one attached hydrogen (secondary N) is 1. The molecule has 3 saturated heterocycles. The minimum absolute atomic E-state index is 0.0758. The van der Waals surface area contributed by atoms with E-state index in [4.69, 9.17) is 0 Å². The molecule has 4 heterocycles. The number of halogens is 6. The standard InChI is InChI=1S/C38H46F6N6O3/c1-46-18-20-48(21-19-46)29-9-15-49(16-10-29)35(52)28(22-26-6-7-32(37(39,40)41)33(23-26)38(42,43)44)24-31(25-51)47-13-11-30(12-14-47)50-17-8-27-4-2-3-5-34(27)45-36(50)53/h2-7,23,28-30H,8-22,24H2,1H3,(H,45,53)/t28-/m0/s1. The van der Waals surface area contributed by atoms with Gasteiger partial charge >= 0.3 is 18.4 Å². The molecule has 2 aromatic rings. The van der Waals surface area contributed by atoms with E-state index in [0.717, 1.165) is 56.3 Å². The van der Waals surface area contributed by atoms with E-state index >= 15 is 0 Å². The van der Waals surface area contributed by atoms with Gasteiger partial charge in [0.1, 0.15) is 5.94 Å². The molecule has 3 fully saturated rings. The van der Waals surface area contributed by atoms with Crippen LogP contribution in [0, 0.1) is 5.92 Å². The van der Waals surface area contributed by atoms with Crippen molar-refractivity contribution in [3.63, 3.8) is 0 Å². The van der Waals surface area contributed by atoms with Gasteiger partial charge in [0.25, 0.3) is 0 Å². The zero-order valence-corrected chi connectivity index (χ0v) is 29.8. The van der Waals surface area contributed by atoms with E-state index in [1.165, 1.54) is 0 Å². The summed E-state index contributed by atoms with van der Waals surface area (Å²) in [6.07, 6.45) is -7.68. The number of likely N-dealkylation sites (N-methyl/N-ethyl adjacent to an activating group) is 1. The minimum Gasteiger partial charge on any atom is -0.366 e. The second-order valence-corrected chi connectivity index (χ2v) is 14.7. The van der Waals surface area contributed by atoms with Gasteiger partial charge in [-0.05, 0) is 74.9 Å². The largest absolute Gasteiger partial charge is 0.417 e. The number of benzene rings is 2. The van der Waals surface area contributed by atoms with Crippen molar-refractivity contribution in [1.82, 2.24) is 24.5 Å². The average Bonchev–Trinajstić information content (AvgIpc) is 3.30. The van der Waals surface area contributed by atoms with E-state index in [-0.39, 0.29) is 42.1 Å². The summed E-state index contributed by atoms with van der Waals surface area (Å²) in [5.41, 5.74) is -1.67. The Balaban J connectivity index is 1.16. The second-order valence-electron chi connectivity index (χ2n) is 14.7. The molecule has 4 aliphatic rings. The van der Waals surface area contributed by atoms with Gasteiger partial charge in [0.15, 0.2) is 0 Å². The molecule has 9 nitrogen and oxygen atoms in total. The number of allylic oxidation sites excluding steroid dienone is 1. The molecule has 2 aromatic carbocycles. The monoisotopic (exact) mass is 748 g/mol. The lowest BCUT2D eigenvalue weighted by molar-refractivity contribution is -0.162. The molecule has 0 aliphatic carbocycles. The first-order valence-electron chi connectivity index (χ1n) is 18.3. The maximum atomic E-state index is 14.2. The van der Waals surface area contributed by atoms with Gasteiger partial charge in [0.05, 0.1) is 16.8 Å². The first-order chi connectivity index (χ1) is 25.2. The van der Waals surface area contributed by atoms with Crippen molar-refractivity contribution >= 4 is 23.6 Å². The van der Waals surface area contributed by atoms with E-state index in [1.807, 2.05) is 40.0 Å². The number of piperidine rings is 2. The molecular weight excluding hydrogens is 702 g/mol. The lowest BCUT2D eigenvalue weighted by Gasteiger charge is -2.43. The number of urea groups is 1. The van der Waals surface area contributed by atoms with Crippen LogP contribution < -0.4 is 5.32 Å². The Morgan fingerprint density at radius 1 is 0.811 bits per heavy atom. The molecule has 0 unspecified atom stereocenters. The van der Waals surface area contributed by atoms with Crippen LogP contribution in [0.4, 0.5) is 36.8 Å². The fourth-order valence-electron chi connectivity index (χ4n) is 8.28. The number of fused-ring (bicyclic) bond motifs is 1. The number of hydrogen-bond donors (Lipinski definition) is 1. The molecule has 0 aromatic heterocycles. The molecule has 0 bridgehead atoms. The van der Waals surface area contributed by atoms with Gasteiger partial charge < -0.3 is 24.9 Å². The highest BCUT2D eigenvalue weighted by Gasteiger charge is 2.43. The van der Waals surface area contributed by atoms with Crippen LogP contribution in [0.1, 0.15) is 54.4 Å². The third-order valence-electron chi connectivity index (χ3n) is 11.3. The SMILES string of the molecule is CN1CCN(C2CCN(C(=O)[C@H](CC(=C=O)N3CCC(N4CCc5ccccc5NC4=O)CC3)Cc3ccc(C(F)(F)F)c(C(F)(F)F)c3)CC2)CC1. The van der Waals surface area contributed by atoms with Gasteiger partial charge in [-0.25, -0.2) is 9.59 Å². The molecule has 1 atom stereocenters. The number of para-hydroxylation sites is 1. The number of carbonyl (C=O) groups is 2. The number of rotatable bonds is 8. The highest BCUT2D eigenvalue weighted by molar-refractivity contribution is 5.91. The molecular formula is C38H46F6N6O3. The molecule has 0 radical (unpaired) electrons. The Bertz CT molecular complexity index is 1670. The van der Waals surface area contributed by atoms with Crippen molar-refractivity contribution in [3.8, 4) is 0 Å². The summed E-state index contributed by atoms with van der Waals surface area (Å²) in [7, 11) is 2.07. The van der Waals surface area contributed by atoms with Gasteiger partial charge in [-0.15, -0.1) is 0 Å². The molecule has 0 saturated carbocycles. The van der Waals surface area contributed by atoms with E-state index in [2.05, 4.69) is 22.2 Å². The summed E-state index contributed by atoms with van der Waals surface area (Å²) >= 11 is 0. The molecule has 288 valence electrons. The van der Waals surface area contributed by atoms with Crippen LogP contribution in [0.2, 0.25) is 0 Å². The number of anilines is 1. The van der Waals surface area contributed by atoms with Crippen molar-refractivity contribution in [1.29, 1.82) is 0 Å². The molecule has 15 heteroatoms. The van der Waals surface area contributed by atoms with E-state index in [1.54, 1.807) is 4.90 Å². The first-order valence-corrected chi connectivity index (χ1v) is 18.3. The number of nitrogens with zero attached hydrogens (tertiary/aromatic N) is 5. The van der Waals surface area contributed by atoms with Crippen LogP contribution in [-0.4, -0.2) is 120 Å². The molecule has 6 rings (SSSR count). The molecule has 3 amide bonds. The zero-order chi connectivity index (χ0) is 37.9. The normalized spacial score (nSPS) is 20.7. The molecule has 0 spiro atoms. The highest BCUT2D eigenvalue weighted by atomic mass is 19.4. The average molecular weight is 749 g/mol. The van der Waals surface area contributed by atoms with Crippen molar-refractivity contribution < 1.29 is 40.7 Å². The number of piperazine rings is 1. The fraction of sp³-hybridized carbons (Fsp3) is 0.579. The van der Waals surface area contributed by atoms with Crippen LogP contribution in [0.25, 0.3) is 0 Å². The summed E-state index contributed by atoms with van der Waals surface area (Å²) in [5, 5.41) is 2.98. The molecule has 4 aliphatic heterocycles. The number of amides is 3. The van der Waals surface area contributed by atoms with Crippen molar-refractivity contribution in [2.75, 3.05) is 71.3 Å². The van der Waals surface area contributed by atoms with Gasteiger partial charge in [-0.2, -0.15) is 26.3 Å². The third-order valence-corrected chi connectivity index (χ3v) is 11.3. The lowest BCUT2D eigenvalue weighted by Crippen LogP contribution is -2.53. The minimum atomic E-state index is -5.27. The maximum Gasteiger partial charge on any atom is 0.417 e. The third kappa shape index (κ3) is 9.18. The Hall–Kier alpha value is -4.07. The Morgan fingerprint density at radius 2 is 1.43 bits per heavy atom. The smallest absolute Gasteiger partial charge is 0.366 e. The molecule has 1 N–H and O–H groups in total. The molecule has 53 heavy (non-hydrogen) atoms. The first kappa shape index (κ1) is 38.6. The van der Waals surface area contributed by atoms with E-state index in [0.29, 0.717) is 70.2 Å². The topological polar surface area (TPSA) is 79.4 Å². The highest BCUT2D eigenvalue weighted by Crippen LogP contribution is 2.41. The Morgan fingerprint density at radius 3 is 2.08 bits per heavy atom. The Labute approximate surface area is 305 Å². The van der Waals surface area contributed by atoms with Crippen molar-refractivity contribution in [2.24, 2.45) is 5.92 Å². The van der Waals surface area contributed by atoms with Crippen LogP contribution in [-0.2, 0) is 34.8 Å². The summed E-state index contributed by atoms with van der Waals surface area (Å²) < 4.78 is 82.3. The second kappa shape index (κ2) is 16.1. The van der Waals surface area contributed by atoms with E-state index < -0.39 is 29.4 Å². The van der Waals surface area contributed by atoms with Crippen LogP contribution in [0.3, 0.4) is 0 Å². The van der Waals surface area contributed by atoms with E-state index in [9.17, 15) is 40.7 Å². The van der Waals surface area contributed by atoms with Gasteiger partial charge in [-0.3, -0.25) is 9.69 Å². The number of carbonyl (C=O) groups excluding carboxylic acids is 3. The fourth-order valence-corrected chi connectivity index (χ4v) is 8.28. The quantitative estimate of drug-likeness (QED) is 0.273. The van der Waals surface area contributed by atoms with Gasteiger partial charge in [-0.1, -0.05) is 24.3 Å². The van der Waals surface area contributed by atoms with Crippen molar-refractivity contribution in [3.05, 3.63) is 70.4 Å². The maximum absolute atomic E-state index is 14.2. The van der Waals surface area contributed by atoms with Crippen LogP contribution in [0.5, 0.6) is 0 Å². The summed E-state index contributed by atoms with van der Waals surface area (Å²) in [4.78, 5) is 49.8. The lowest BCUT2D eigenvalue weighted by atomic mass is 9.89. The predicted octanol–water partition coefficient (Wildman–Crippen LogP) is 5.78. The van der Waals surface area contributed by atoms with Gasteiger partial charge in [0, 0.05) is 89.0 Å². The zero-order valence-electron chi connectivity index (χ0n) is 29.8. The summed E-state index contributed by atoms with van der Waals surface area (Å²) in [5.74, 6) is 0.628. The van der Waals surface area contributed by atoms with Crippen LogP contribution >= 0.6 is 0 Å². The van der Waals surface area contributed by atoms with Crippen molar-refractivity contribution in [2.45, 2.75) is 69.4 Å². The Kier molecular flexibility index (Phi) is 11.8. The summed E-state index contributed by atoms with van der Waals surface area (Å²) in [6, 6.07) is 9.50. The summed E-state index contributed by atoms with van der Waals surface area (Å²) in [6.45, 7) is 5.92. The van der Waals surface area contributed by atoms with Gasteiger partial charge in [0.2, 0.25) is 5.91 Å². The predicted molar refractivity (Wildman–Crippen MR) is 187 cm³/mol. The number of alkyl halides is 6. The number of hydrogen-bond acceptors (Lipinski definition) is 6. The van der Waals surface area contributed by atoms with Crippen LogP contribution in [0.15, 0.2) is 48.2 Å². The number of likely N-dealkylation sites (tertiary alicyclic amines) is 2.